The maximum atomic E-state index is 13.4. The monoisotopic (exact) mass is 363 g/mol. The van der Waals surface area contributed by atoms with Gasteiger partial charge >= 0.3 is 6.01 Å². The van der Waals surface area contributed by atoms with Crippen LogP contribution in [0.5, 0.6) is 5.75 Å². The summed E-state index contributed by atoms with van der Waals surface area (Å²) in [7, 11) is 1.57. The molecule has 0 aliphatic rings. The molecule has 1 heterocycles. The molecule has 1 unspecified atom stereocenters. The molecule has 2 N–H and O–H groups in total. The van der Waals surface area contributed by atoms with Crippen molar-refractivity contribution >= 4 is 17.6 Å². The van der Waals surface area contributed by atoms with Crippen LogP contribution in [-0.4, -0.2) is 28.9 Å². The van der Waals surface area contributed by atoms with Crippen LogP contribution < -0.4 is 10.1 Å². The largest absolute Gasteiger partial charge is 0.497 e. The Morgan fingerprint density at radius 3 is 2.92 bits per heavy atom. The lowest BCUT2D eigenvalue weighted by molar-refractivity contribution is 0.190. The van der Waals surface area contributed by atoms with E-state index in [-0.39, 0.29) is 17.6 Å². The molecule has 0 aliphatic carbocycles. The number of aromatic nitrogens is 2. The minimum Gasteiger partial charge on any atom is -0.497 e. The summed E-state index contributed by atoms with van der Waals surface area (Å²) in [6.45, 7) is 0.0703. The van der Waals surface area contributed by atoms with Crippen LogP contribution in [-0.2, 0) is 0 Å². The summed E-state index contributed by atoms with van der Waals surface area (Å²) < 4.78 is 23.7. The average molecular weight is 364 g/mol. The fraction of sp³-hybridized carbons (Fsp3) is 0.176. The molecule has 1 atom stereocenters. The van der Waals surface area contributed by atoms with Gasteiger partial charge in [0.1, 0.15) is 11.6 Å². The van der Waals surface area contributed by atoms with Crippen LogP contribution in [0.1, 0.15) is 11.7 Å². The van der Waals surface area contributed by atoms with Crippen molar-refractivity contribution in [2.75, 3.05) is 19.0 Å². The zero-order valence-electron chi connectivity index (χ0n) is 13.2. The van der Waals surface area contributed by atoms with Crippen LogP contribution >= 0.6 is 11.6 Å². The molecule has 0 saturated carbocycles. The number of benzene rings is 2. The molecule has 3 rings (SSSR count). The normalized spacial score (nSPS) is 12.0. The lowest BCUT2D eigenvalue weighted by Gasteiger charge is -2.11. The predicted molar refractivity (Wildman–Crippen MR) is 91.1 cm³/mol. The Labute approximate surface area is 148 Å². The molecule has 8 heteroatoms. The number of aliphatic hydroxyl groups is 1. The third kappa shape index (κ3) is 4.07. The highest BCUT2D eigenvalue weighted by Crippen LogP contribution is 2.23. The third-order valence-electron chi connectivity index (χ3n) is 3.53. The summed E-state index contributed by atoms with van der Waals surface area (Å²) in [5.74, 6) is 0.474. The Morgan fingerprint density at radius 1 is 1.32 bits per heavy atom. The number of hydrogen-bond acceptors (Lipinski definition) is 6. The summed E-state index contributed by atoms with van der Waals surface area (Å²) in [4.78, 5) is 4.20. The number of aliphatic hydroxyl groups excluding tert-OH is 1. The van der Waals surface area contributed by atoms with Gasteiger partial charge in [-0.2, -0.15) is 4.98 Å². The first-order valence-electron chi connectivity index (χ1n) is 7.42. The zero-order valence-corrected chi connectivity index (χ0v) is 14.0. The van der Waals surface area contributed by atoms with Crippen molar-refractivity contribution in [2.45, 2.75) is 6.10 Å². The van der Waals surface area contributed by atoms with Crippen molar-refractivity contribution in [2.24, 2.45) is 0 Å². The smallest absolute Gasteiger partial charge is 0.321 e. The maximum absolute atomic E-state index is 13.4. The molecule has 0 radical (unpaired) electrons. The number of hydrogen-bond donors (Lipinski definition) is 2. The van der Waals surface area contributed by atoms with Gasteiger partial charge < -0.3 is 19.7 Å². The summed E-state index contributed by atoms with van der Waals surface area (Å²) >= 11 is 5.63. The number of rotatable bonds is 6. The van der Waals surface area contributed by atoms with Gasteiger partial charge in [-0.15, -0.1) is 0 Å². The summed E-state index contributed by atoms with van der Waals surface area (Å²) in [6, 6.07) is 11.5. The molecule has 3 aromatic rings. The molecular weight excluding hydrogens is 349 g/mol. The topological polar surface area (TPSA) is 80.4 Å². The Balaban J connectivity index is 1.66. The molecule has 0 aliphatic heterocycles. The second kappa shape index (κ2) is 7.50. The van der Waals surface area contributed by atoms with Gasteiger partial charge in [0.05, 0.1) is 18.2 Å². The van der Waals surface area contributed by atoms with Crippen molar-refractivity contribution in [1.29, 1.82) is 0 Å². The maximum Gasteiger partial charge on any atom is 0.321 e. The third-order valence-corrected chi connectivity index (χ3v) is 3.84. The highest BCUT2D eigenvalue weighted by molar-refractivity contribution is 6.30. The zero-order chi connectivity index (χ0) is 17.8. The van der Waals surface area contributed by atoms with Crippen molar-refractivity contribution < 1.29 is 18.8 Å². The molecule has 130 valence electrons. The number of halogens is 2. The molecule has 2 aromatic carbocycles. The Bertz CT molecular complexity index is 872. The number of methoxy groups -OCH3 is 1. The van der Waals surface area contributed by atoms with Gasteiger partial charge in [-0.05, 0) is 29.8 Å². The van der Waals surface area contributed by atoms with E-state index in [9.17, 15) is 9.50 Å². The van der Waals surface area contributed by atoms with E-state index in [2.05, 4.69) is 15.5 Å². The van der Waals surface area contributed by atoms with E-state index in [0.717, 1.165) is 5.56 Å². The van der Waals surface area contributed by atoms with E-state index in [1.807, 2.05) is 18.2 Å². The lowest BCUT2D eigenvalue weighted by atomic mass is 10.1. The van der Waals surface area contributed by atoms with Crippen LogP contribution in [0.15, 0.2) is 47.0 Å². The highest BCUT2D eigenvalue weighted by Gasteiger charge is 2.13. The molecule has 0 fully saturated rings. The summed E-state index contributed by atoms with van der Waals surface area (Å²) in [5.41, 5.74) is 1.12. The minimum absolute atomic E-state index is 0.00346. The fourth-order valence-corrected chi connectivity index (χ4v) is 2.31. The first-order chi connectivity index (χ1) is 12.1. The highest BCUT2D eigenvalue weighted by atomic mass is 35.5. The minimum atomic E-state index is -0.959. The van der Waals surface area contributed by atoms with E-state index in [1.165, 1.54) is 12.1 Å². The molecule has 0 amide bonds. The van der Waals surface area contributed by atoms with Gasteiger partial charge in [-0.1, -0.05) is 35.0 Å². The van der Waals surface area contributed by atoms with Crippen LogP contribution in [0.2, 0.25) is 5.02 Å². The SMILES string of the molecule is COc1cccc(-c2noc(NCC(O)c3ccc(Cl)c(F)c3)n2)c1. The van der Waals surface area contributed by atoms with Crippen molar-refractivity contribution in [3.05, 3.63) is 58.9 Å². The fourth-order valence-electron chi connectivity index (χ4n) is 2.20. The molecule has 0 spiro atoms. The van der Waals surface area contributed by atoms with Crippen molar-refractivity contribution in [3.63, 3.8) is 0 Å². The molecule has 0 bridgehead atoms. The molecule has 25 heavy (non-hydrogen) atoms. The standard InChI is InChI=1S/C17H15ClFN3O3/c1-24-12-4-2-3-11(7-12)16-21-17(25-22-16)20-9-15(23)10-5-6-13(18)14(19)8-10/h2-8,15,23H,9H2,1H3,(H,20,21,22). The molecular formula is C17H15ClFN3O3. The second-order valence-electron chi connectivity index (χ2n) is 5.23. The van der Waals surface area contributed by atoms with Crippen LogP contribution in [0.3, 0.4) is 0 Å². The average Bonchev–Trinajstić information content (AvgIpc) is 3.11. The number of ether oxygens (including phenoxy) is 1. The van der Waals surface area contributed by atoms with Gasteiger partial charge in [0, 0.05) is 12.1 Å². The molecule has 6 nitrogen and oxygen atoms in total. The van der Waals surface area contributed by atoms with E-state index in [4.69, 9.17) is 20.9 Å². The molecule has 0 saturated heterocycles. The Hall–Kier alpha value is -2.64. The van der Waals surface area contributed by atoms with Gasteiger partial charge in [0.15, 0.2) is 0 Å². The van der Waals surface area contributed by atoms with Crippen LogP contribution in [0, 0.1) is 5.82 Å². The first-order valence-corrected chi connectivity index (χ1v) is 7.79. The van der Waals surface area contributed by atoms with Gasteiger partial charge in [0.2, 0.25) is 5.82 Å². The Kier molecular flexibility index (Phi) is 5.16. The quantitative estimate of drug-likeness (QED) is 0.695. The van der Waals surface area contributed by atoms with E-state index in [1.54, 1.807) is 19.2 Å². The van der Waals surface area contributed by atoms with Gasteiger partial charge in [-0.3, -0.25) is 0 Å². The molecule has 1 aromatic heterocycles. The number of nitrogens with one attached hydrogen (secondary N) is 1. The van der Waals surface area contributed by atoms with E-state index < -0.39 is 11.9 Å². The van der Waals surface area contributed by atoms with Crippen LogP contribution in [0.4, 0.5) is 10.4 Å². The second-order valence-corrected chi connectivity index (χ2v) is 5.63. The van der Waals surface area contributed by atoms with E-state index in [0.29, 0.717) is 17.1 Å². The van der Waals surface area contributed by atoms with Gasteiger partial charge in [-0.25, -0.2) is 4.39 Å². The van der Waals surface area contributed by atoms with E-state index >= 15 is 0 Å². The predicted octanol–water partition coefficient (Wildman–Crippen LogP) is 3.68. The van der Waals surface area contributed by atoms with Crippen molar-refractivity contribution in [1.82, 2.24) is 10.1 Å². The number of nitrogens with zero attached hydrogens (tertiary/aromatic N) is 2. The lowest BCUT2D eigenvalue weighted by Crippen LogP contribution is -2.12. The summed E-state index contributed by atoms with van der Waals surface area (Å²) in [6.07, 6.45) is -0.959. The van der Waals surface area contributed by atoms with Crippen LogP contribution in [0.25, 0.3) is 11.4 Å². The Morgan fingerprint density at radius 2 is 2.16 bits per heavy atom. The first kappa shape index (κ1) is 17.2. The summed E-state index contributed by atoms with van der Waals surface area (Å²) in [5, 5.41) is 16.8. The van der Waals surface area contributed by atoms with Crippen molar-refractivity contribution in [3.8, 4) is 17.1 Å². The number of anilines is 1. The van der Waals surface area contributed by atoms with Gasteiger partial charge in [0.25, 0.3) is 0 Å².